The van der Waals surface area contributed by atoms with Crippen LogP contribution in [0.15, 0.2) is 48.5 Å². The zero-order valence-corrected chi connectivity index (χ0v) is 14.2. The van der Waals surface area contributed by atoms with Gasteiger partial charge in [-0.1, -0.05) is 30.3 Å². The Balaban J connectivity index is 1.69. The molecule has 0 bridgehead atoms. The minimum atomic E-state index is 0.137. The highest BCUT2D eigenvalue weighted by atomic mass is 16.5. The molecule has 1 aliphatic rings. The van der Waals surface area contributed by atoms with Gasteiger partial charge < -0.3 is 9.47 Å². The van der Waals surface area contributed by atoms with Crippen LogP contribution >= 0.6 is 0 Å². The number of hydrogen-bond donors (Lipinski definition) is 0. The van der Waals surface area contributed by atoms with Gasteiger partial charge in [0.1, 0.15) is 0 Å². The number of hydrogen-bond acceptors (Lipinski definition) is 3. The molecule has 0 saturated heterocycles. The van der Waals surface area contributed by atoms with E-state index >= 15 is 0 Å². The molecule has 3 nitrogen and oxygen atoms in total. The van der Waals surface area contributed by atoms with E-state index in [1.165, 1.54) is 18.4 Å². The van der Waals surface area contributed by atoms with Crippen LogP contribution in [0.4, 0.5) is 0 Å². The van der Waals surface area contributed by atoms with Crippen LogP contribution in [0.2, 0.25) is 0 Å². The second-order valence-electron chi connectivity index (χ2n) is 6.30. The molecule has 2 aromatic rings. The fourth-order valence-electron chi connectivity index (χ4n) is 3.17. The lowest BCUT2D eigenvalue weighted by atomic mass is 10.0. The molecule has 0 radical (unpaired) electrons. The number of carbonyl (C=O) groups is 1. The van der Waals surface area contributed by atoms with Gasteiger partial charge in [0, 0.05) is 12.0 Å². The van der Waals surface area contributed by atoms with Gasteiger partial charge in [0.25, 0.3) is 0 Å². The number of Topliss-reactive ketones (excluding diaryl/α,β-unsaturated/α-hetero) is 1. The largest absolute Gasteiger partial charge is 0.493 e. The molecule has 3 heteroatoms. The molecule has 1 fully saturated rings. The second-order valence-corrected chi connectivity index (χ2v) is 6.30. The Morgan fingerprint density at radius 2 is 1.79 bits per heavy atom. The Morgan fingerprint density at radius 1 is 1.04 bits per heavy atom. The SMILES string of the molecule is COc1ccc(C(=O)CCc2ccccc2)cc1OC1CCCC1. The smallest absolute Gasteiger partial charge is 0.163 e. The summed E-state index contributed by atoms with van der Waals surface area (Å²) >= 11 is 0. The Labute approximate surface area is 143 Å². The van der Waals surface area contributed by atoms with Crippen LogP contribution in [0.25, 0.3) is 0 Å². The van der Waals surface area contributed by atoms with Crippen molar-refractivity contribution in [3.8, 4) is 11.5 Å². The van der Waals surface area contributed by atoms with Crippen molar-refractivity contribution in [3.63, 3.8) is 0 Å². The normalized spacial score (nSPS) is 14.5. The molecular formula is C21H24O3. The van der Waals surface area contributed by atoms with Crippen molar-refractivity contribution < 1.29 is 14.3 Å². The van der Waals surface area contributed by atoms with Crippen molar-refractivity contribution in [2.45, 2.75) is 44.6 Å². The van der Waals surface area contributed by atoms with Crippen molar-refractivity contribution in [1.29, 1.82) is 0 Å². The number of carbonyl (C=O) groups excluding carboxylic acids is 1. The van der Waals surface area contributed by atoms with Gasteiger partial charge in [-0.15, -0.1) is 0 Å². The molecular weight excluding hydrogens is 300 g/mol. The van der Waals surface area contributed by atoms with E-state index in [0.717, 1.165) is 19.3 Å². The summed E-state index contributed by atoms with van der Waals surface area (Å²) in [5.41, 5.74) is 1.88. The summed E-state index contributed by atoms with van der Waals surface area (Å²) in [5, 5.41) is 0. The van der Waals surface area contributed by atoms with Gasteiger partial charge in [-0.25, -0.2) is 0 Å². The Hall–Kier alpha value is -2.29. The number of ketones is 1. The van der Waals surface area contributed by atoms with Crippen molar-refractivity contribution >= 4 is 5.78 Å². The van der Waals surface area contributed by atoms with Crippen molar-refractivity contribution in [2.24, 2.45) is 0 Å². The predicted molar refractivity (Wildman–Crippen MR) is 95.0 cm³/mol. The Bertz CT molecular complexity index is 673. The van der Waals surface area contributed by atoms with E-state index in [0.29, 0.717) is 23.5 Å². The van der Waals surface area contributed by atoms with Crippen LogP contribution in [-0.4, -0.2) is 19.0 Å². The molecule has 1 saturated carbocycles. The average molecular weight is 324 g/mol. The monoisotopic (exact) mass is 324 g/mol. The second kappa shape index (κ2) is 8.00. The fourth-order valence-corrected chi connectivity index (χ4v) is 3.17. The van der Waals surface area contributed by atoms with Crippen molar-refractivity contribution in [1.82, 2.24) is 0 Å². The molecule has 0 aromatic heterocycles. The Morgan fingerprint density at radius 3 is 2.50 bits per heavy atom. The summed E-state index contributed by atoms with van der Waals surface area (Å²) in [4.78, 5) is 12.5. The van der Waals surface area contributed by atoms with Gasteiger partial charge in [0.15, 0.2) is 17.3 Å². The van der Waals surface area contributed by atoms with Crippen LogP contribution in [0.3, 0.4) is 0 Å². The van der Waals surface area contributed by atoms with Gasteiger partial charge in [-0.2, -0.15) is 0 Å². The predicted octanol–water partition coefficient (Wildman–Crippen LogP) is 4.83. The maximum Gasteiger partial charge on any atom is 0.163 e. The first-order valence-electron chi connectivity index (χ1n) is 8.68. The number of ether oxygens (including phenoxy) is 2. The Kier molecular flexibility index (Phi) is 5.52. The van der Waals surface area contributed by atoms with Gasteiger partial charge >= 0.3 is 0 Å². The molecule has 0 atom stereocenters. The van der Waals surface area contributed by atoms with E-state index in [4.69, 9.17) is 9.47 Å². The third-order valence-electron chi connectivity index (χ3n) is 4.56. The average Bonchev–Trinajstić information content (AvgIpc) is 3.13. The molecule has 126 valence electrons. The minimum absolute atomic E-state index is 0.137. The van der Waals surface area contributed by atoms with Gasteiger partial charge in [-0.05, 0) is 55.9 Å². The lowest BCUT2D eigenvalue weighted by Gasteiger charge is -2.16. The maximum atomic E-state index is 12.5. The standard InChI is InChI=1S/C21H24O3/c1-23-20-14-12-17(15-21(20)24-18-9-5-6-10-18)19(22)13-11-16-7-3-2-4-8-16/h2-4,7-8,12,14-15,18H,5-6,9-11,13H2,1H3. The summed E-state index contributed by atoms with van der Waals surface area (Å²) in [7, 11) is 1.63. The van der Waals surface area contributed by atoms with E-state index in [1.54, 1.807) is 7.11 Å². The van der Waals surface area contributed by atoms with E-state index < -0.39 is 0 Å². The zero-order chi connectivity index (χ0) is 16.8. The highest BCUT2D eigenvalue weighted by Gasteiger charge is 2.19. The molecule has 1 aliphatic carbocycles. The first kappa shape index (κ1) is 16.6. The molecule has 24 heavy (non-hydrogen) atoms. The quantitative estimate of drug-likeness (QED) is 0.684. The van der Waals surface area contributed by atoms with Crippen molar-refractivity contribution in [3.05, 3.63) is 59.7 Å². The van der Waals surface area contributed by atoms with E-state index in [9.17, 15) is 4.79 Å². The molecule has 0 heterocycles. The van der Waals surface area contributed by atoms with E-state index in [2.05, 4.69) is 12.1 Å². The third-order valence-corrected chi connectivity index (χ3v) is 4.56. The summed E-state index contributed by atoms with van der Waals surface area (Å²) in [6.07, 6.45) is 6.08. The molecule has 0 unspecified atom stereocenters. The number of benzene rings is 2. The highest BCUT2D eigenvalue weighted by molar-refractivity contribution is 5.96. The van der Waals surface area contributed by atoms with Crippen LogP contribution in [-0.2, 0) is 6.42 Å². The zero-order valence-electron chi connectivity index (χ0n) is 14.2. The lowest BCUT2D eigenvalue weighted by Crippen LogP contribution is -2.12. The van der Waals surface area contributed by atoms with E-state index in [1.807, 2.05) is 36.4 Å². The van der Waals surface area contributed by atoms with Gasteiger partial charge in [0.05, 0.1) is 13.2 Å². The summed E-state index contributed by atoms with van der Waals surface area (Å²) < 4.78 is 11.5. The highest BCUT2D eigenvalue weighted by Crippen LogP contribution is 2.32. The minimum Gasteiger partial charge on any atom is -0.493 e. The molecule has 0 aliphatic heterocycles. The van der Waals surface area contributed by atoms with Crippen molar-refractivity contribution in [2.75, 3.05) is 7.11 Å². The molecule has 0 amide bonds. The number of aryl methyl sites for hydroxylation is 1. The van der Waals surface area contributed by atoms with Gasteiger partial charge in [0.2, 0.25) is 0 Å². The molecule has 2 aromatic carbocycles. The summed E-state index contributed by atoms with van der Waals surface area (Å²) in [6.45, 7) is 0. The number of rotatable bonds is 7. The molecule has 3 rings (SSSR count). The van der Waals surface area contributed by atoms with E-state index in [-0.39, 0.29) is 11.9 Å². The van der Waals surface area contributed by atoms with Crippen LogP contribution in [0, 0.1) is 0 Å². The third kappa shape index (κ3) is 4.16. The summed E-state index contributed by atoms with van der Waals surface area (Å²) in [5.74, 6) is 1.52. The molecule has 0 N–H and O–H groups in total. The topological polar surface area (TPSA) is 35.5 Å². The van der Waals surface area contributed by atoms with Crippen LogP contribution in [0.5, 0.6) is 11.5 Å². The van der Waals surface area contributed by atoms with Crippen LogP contribution in [0.1, 0.15) is 48.0 Å². The fraction of sp³-hybridized carbons (Fsp3) is 0.381. The lowest BCUT2D eigenvalue weighted by molar-refractivity contribution is 0.0982. The maximum absolute atomic E-state index is 12.5. The van der Waals surface area contributed by atoms with Crippen LogP contribution < -0.4 is 9.47 Å². The summed E-state index contributed by atoms with van der Waals surface area (Å²) in [6, 6.07) is 15.6. The first-order chi connectivity index (χ1) is 11.8. The molecule has 0 spiro atoms. The first-order valence-corrected chi connectivity index (χ1v) is 8.68. The number of methoxy groups -OCH3 is 1. The van der Waals surface area contributed by atoms with Gasteiger partial charge in [-0.3, -0.25) is 4.79 Å².